The van der Waals surface area contributed by atoms with Crippen LogP contribution in [0.25, 0.3) is 5.65 Å². The quantitative estimate of drug-likeness (QED) is 0.818. The van der Waals surface area contributed by atoms with Gasteiger partial charge in [-0.2, -0.15) is 0 Å². The Hall–Kier alpha value is -2.41. The molecule has 0 radical (unpaired) electrons. The molecule has 2 fully saturated rings. The number of imidazole rings is 1. The number of amides is 2. The van der Waals surface area contributed by atoms with Gasteiger partial charge in [0.15, 0.2) is 6.10 Å². The molecule has 7 heteroatoms. The molecular formula is C19H24N4O3. The highest BCUT2D eigenvalue weighted by atomic mass is 16.5. The predicted molar refractivity (Wildman–Crippen MR) is 96.0 cm³/mol. The molecule has 0 aromatic carbocycles. The van der Waals surface area contributed by atoms with E-state index in [1.165, 1.54) is 6.42 Å². The molecular weight excluding hydrogens is 332 g/mol. The number of likely N-dealkylation sites (tertiary alicyclic amines) is 1. The summed E-state index contributed by atoms with van der Waals surface area (Å²) in [5, 5.41) is 0. The van der Waals surface area contributed by atoms with Crippen molar-refractivity contribution in [2.24, 2.45) is 0 Å². The molecule has 0 saturated carbocycles. The Kier molecular flexibility index (Phi) is 4.63. The van der Waals surface area contributed by atoms with Crippen molar-refractivity contribution in [1.29, 1.82) is 0 Å². The number of morpholine rings is 1. The number of rotatable bonds is 2. The van der Waals surface area contributed by atoms with Crippen LogP contribution in [0.5, 0.6) is 0 Å². The van der Waals surface area contributed by atoms with E-state index < -0.39 is 6.10 Å². The number of hydrogen-bond acceptors (Lipinski definition) is 4. The number of ether oxygens (including phenoxy) is 1. The van der Waals surface area contributed by atoms with E-state index in [-0.39, 0.29) is 11.8 Å². The van der Waals surface area contributed by atoms with Gasteiger partial charge < -0.3 is 18.9 Å². The second-order valence-corrected chi connectivity index (χ2v) is 7.04. The van der Waals surface area contributed by atoms with E-state index in [2.05, 4.69) is 4.98 Å². The normalized spacial score (nSPS) is 21.2. The first kappa shape index (κ1) is 17.0. The van der Waals surface area contributed by atoms with Crippen LogP contribution >= 0.6 is 0 Å². The average molecular weight is 356 g/mol. The third-order valence-corrected chi connectivity index (χ3v) is 5.19. The number of aryl methyl sites for hydroxylation is 1. The molecule has 4 heterocycles. The van der Waals surface area contributed by atoms with Crippen LogP contribution in [0, 0.1) is 6.92 Å². The molecule has 0 spiro atoms. The van der Waals surface area contributed by atoms with E-state index in [0.717, 1.165) is 37.1 Å². The fraction of sp³-hybridized carbons (Fsp3) is 0.526. The summed E-state index contributed by atoms with van der Waals surface area (Å²) in [5.41, 5.74) is 2.21. The molecule has 1 atom stereocenters. The Bertz CT molecular complexity index is 825. The molecule has 2 amide bonds. The molecule has 26 heavy (non-hydrogen) atoms. The summed E-state index contributed by atoms with van der Waals surface area (Å²) < 4.78 is 7.54. The average Bonchev–Trinajstić information content (AvgIpc) is 3.13. The standard InChI is InChI=1S/C19H24N4O3/c1-14-6-5-9-22-12-15(20-17(14)22)18(24)23-10-11-26-16(13-23)19(25)21-7-3-2-4-8-21/h5-6,9,12,16H,2-4,7-8,10-11,13H2,1H3. The lowest BCUT2D eigenvalue weighted by molar-refractivity contribution is -0.149. The highest BCUT2D eigenvalue weighted by Gasteiger charge is 2.33. The SMILES string of the molecule is Cc1cccn2cc(C(=O)N3CCOC(C(=O)N4CCCCC4)C3)nc12. The largest absolute Gasteiger partial charge is 0.365 e. The van der Waals surface area contributed by atoms with Crippen molar-refractivity contribution in [1.82, 2.24) is 19.2 Å². The Morgan fingerprint density at radius 3 is 2.73 bits per heavy atom. The summed E-state index contributed by atoms with van der Waals surface area (Å²) >= 11 is 0. The number of hydrogen-bond donors (Lipinski definition) is 0. The van der Waals surface area contributed by atoms with Crippen LogP contribution in [0.4, 0.5) is 0 Å². The lowest BCUT2D eigenvalue weighted by Crippen LogP contribution is -2.53. The molecule has 1 unspecified atom stereocenters. The van der Waals surface area contributed by atoms with Gasteiger partial charge in [-0.1, -0.05) is 6.07 Å². The van der Waals surface area contributed by atoms with Crippen molar-refractivity contribution < 1.29 is 14.3 Å². The van der Waals surface area contributed by atoms with E-state index in [1.807, 2.05) is 34.6 Å². The smallest absolute Gasteiger partial charge is 0.274 e. The van der Waals surface area contributed by atoms with Crippen LogP contribution in [0.3, 0.4) is 0 Å². The Labute approximate surface area is 152 Å². The molecule has 0 N–H and O–H groups in total. The lowest BCUT2D eigenvalue weighted by atomic mass is 10.1. The van der Waals surface area contributed by atoms with Crippen LogP contribution in [0.2, 0.25) is 0 Å². The van der Waals surface area contributed by atoms with Gasteiger partial charge >= 0.3 is 0 Å². The van der Waals surface area contributed by atoms with Crippen LogP contribution < -0.4 is 0 Å². The van der Waals surface area contributed by atoms with Gasteiger partial charge in [0, 0.05) is 32.0 Å². The second-order valence-electron chi connectivity index (χ2n) is 7.04. The maximum Gasteiger partial charge on any atom is 0.274 e. The van der Waals surface area contributed by atoms with Gasteiger partial charge in [-0.3, -0.25) is 9.59 Å². The van der Waals surface area contributed by atoms with Gasteiger partial charge in [0.1, 0.15) is 11.3 Å². The summed E-state index contributed by atoms with van der Waals surface area (Å²) in [6.07, 6.45) is 6.33. The van der Waals surface area contributed by atoms with Crippen molar-refractivity contribution in [3.63, 3.8) is 0 Å². The molecule has 138 valence electrons. The van der Waals surface area contributed by atoms with E-state index in [4.69, 9.17) is 4.74 Å². The van der Waals surface area contributed by atoms with Crippen molar-refractivity contribution in [3.05, 3.63) is 35.8 Å². The molecule has 2 aromatic heterocycles. The van der Waals surface area contributed by atoms with Crippen molar-refractivity contribution in [3.8, 4) is 0 Å². The van der Waals surface area contributed by atoms with Gasteiger partial charge in [-0.25, -0.2) is 4.98 Å². The van der Waals surface area contributed by atoms with Gasteiger partial charge in [-0.05, 0) is 37.8 Å². The van der Waals surface area contributed by atoms with E-state index in [9.17, 15) is 9.59 Å². The first-order valence-electron chi connectivity index (χ1n) is 9.27. The lowest BCUT2D eigenvalue weighted by Gasteiger charge is -2.36. The monoisotopic (exact) mass is 356 g/mol. The topological polar surface area (TPSA) is 67.2 Å². The van der Waals surface area contributed by atoms with E-state index in [0.29, 0.717) is 25.4 Å². The molecule has 2 saturated heterocycles. The zero-order chi connectivity index (χ0) is 18.1. The fourth-order valence-corrected chi connectivity index (χ4v) is 3.72. The molecule has 0 aliphatic carbocycles. The number of fused-ring (bicyclic) bond motifs is 1. The van der Waals surface area contributed by atoms with Crippen molar-refractivity contribution in [2.75, 3.05) is 32.8 Å². The first-order valence-corrected chi connectivity index (χ1v) is 9.27. The molecule has 2 aliphatic rings. The highest BCUT2D eigenvalue weighted by Crippen LogP contribution is 2.17. The maximum atomic E-state index is 12.9. The molecule has 2 aromatic rings. The zero-order valence-corrected chi connectivity index (χ0v) is 15.1. The summed E-state index contributed by atoms with van der Waals surface area (Å²) in [5.74, 6) is -0.138. The number of pyridine rings is 1. The van der Waals surface area contributed by atoms with Crippen LogP contribution in [-0.4, -0.2) is 69.9 Å². The Morgan fingerprint density at radius 2 is 1.96 bits per heavy atom. The Morgan fingerprint density at radius 1 is 1.15 bits per heavy atom. The van der Waals surface area contributed by atoms with Gasteiger partial charge in [0.05, 0.1) is 13.2 Å². The number of carbonyl (C=O) groups excluding carboxylic acids is 2. The van der Waals surface area contributed by atoms with E-state index in [1.54, 1.807) is 11.1 Å². The van der Waals surface area contributed by atoms with Crippen LogP contribution in [0.15, 0.2) is 24.5 Å². The molecule has 0 bridgehead atoms. The number of nitrogens with zero attached hydrogens (tertiary/aromatic N) is 4. The van der Waals surface area contributed by atoms with Crippen molar-refractivity contribution in [2.45, 2.75) is 32.3 Å². The van der Waals surface area contributed by atoms with Gasteiger partial charge in [-0.15, -0.1) is 0 Å². The predicted octanol–water partition coefficient (Wildman–Crippen LogP) is 1.50. The summed E-state index contributed by atoms with van der Waals surface area (Å²) in [6, 6.07) is 3.90. The van der Waals surface area contributed by atoms with E-state index >= 15 is 0 Å². The third kappa shape index (κ3) is 3.19. The van der Waals surface area contributed by atoms with Gasteiger partial charge in [0.2, 0.25) is 0 Å². The van der Waals surface area contributed by atoms with Crippen molar-refractivity contribution >= 4 is 17.5 Å². The number of aromatic nitrogens is 2. The summed E-state index contributed by atoms with van der Waals surface area (Å²) in [7, 11) is 0. The minimum atomic E-state index is -0.565. The number of piperidine rings is 1. The summed E-state index contributed by atoms with van der Waals surface area (Å²) in [4.78, 5) is 33.6. The second kappa shape index (κ2) is 7.07. The fourth-order valence-electron chi connectivity index (χ4n) is 3.72. The molecule has 7 nitrogen and oxygen atoms in total. The first-order chi connectivity index (χ1) is 12.6. The van der Waals surface area contributed by atoms with Crippen LogP contribution in [-0.2, 0) is 9.53 Å². The third-order valence-electron chi connectivity index (χ3n) is 5.19. The minimum absolute atomic E-state index is 0.00745. The zero-order valence-electron chi connectivity index (χ0n) is 15.1. The summed E-state index contributed by atoms with van der Waals surface area (Å²) in [6.45, 7) is 4.70. The molecule has 2 aliphatic heterocycles. The maximum absolute atomic E-state index is 12.9. The Balaban J connectivity index is 1.48. The minimum Gasteiger partial charge on any atom is -0.365 e. The molecule has 4 rings (SSSR count). The number of carbonyl (C=O) groups is 2. The highest BCUT2D eigenvalue weighted by molar-refractivity contribution is 5.93. The van der Waals surface area contributed by atoms with Crippen LogP contribution in [0.1, 0.15) is 35.3 Å². The van der Waals surface area contributed by atoms with Gasteiger partial charge in [0.25, 0.3) is 11.8 Å².